The number of hydrogen-bond donors (Lipinski definition) is 3. The summed E-state index contributed by atoms with van der Waals surface area (Å²) in [6, 6.07) is 14.7. The van der Waals surface area contributed by atoms with E-state index in [9.17, 15) is 9.59 Å². The Balaban J connectivity index is 0.000000307. The van der Waals surface area contributed by atoms with Crippen molar-refractivity contribution < 1.29 is 20.2 Å². The number of nitrogen functional groups attached to an aromatic ring is 1. The molecular weight excluding hydrogens is 362 g/mol. The molecule has 1 amide bonds. The highest BCUT2D eigenvalue weighted by molar-refractivity contribution is 5.94. The first-order chi connectivity index (χ1) is 13.1. The Bertz CT molecular complexity index is 901. The average Bonchev–Trinajstić information content (AvgIpc) is 2.70. The van der Waals surface area contributed by atoms with Crippen molar-refractivity contribution in [1.82, 2.24) is 15.4 Å². The van der Waals surface area contributed by atoms with Gasteiger partial charge in [-0.1, -0.05) is 6.07 Å². The minimum Gasteiger partial charge on any atom is -0.478 e. The molecule has 0 saturated heterocycles. The van der Waals surface area contributed by atoms with Crippen molar-refractivity contribution in [3.05, 3.63) is 90.0 Å². The number of carboxylic acid groups (broad SMARTS) is 1. The van der Waals surface area contributed by atoms with Gasteiger partial charge < -0.3 is 16.3 Å². The molecule has 9 heteroatoms. The molecule has 0 spiro atoms. The maximum atomic E-state index is 11.6. The van der Waals surface area contributed by atoms with Gasteiger partial charge >= 0.3 is 5.97 Å². The summed E-state index contributed by atoms with van der Waals surface area (Å²) in [4.78, 5) is 29.7. The number of benzene rings is 1. The van der Waals surface area contributed by atoms with Crippen LogP contribution in [0.5, 0.6) is 0 Å². The Labute approximate surface area is 160 Å². The van der Waals surface area contributed by atoms with Crippen molar-refractivity contribution >= 4 is 23.8 Å². The zero-order valence-corrected chi connectivity index (χ0v) is 14.7. The summed E-state index contributed by atoms with van der Waals surface area (Å²) >= 11 is 0. The molecule has 3 rings (SSSR count). The number of hydrazone groups is 1. The van der Waals surface area contributed by atoms with Crippen LogP contribution < -0.4 is 11.2 Å². The second kappa shape index (κ2) is 11.5. The van der Waals surface area contributed by atoms with Gasteiger partial charge in [0.25, 0.3) is 5.91 Å². The smallest absolute Gasteiger partial charge is 0.335 e. The van der Waals surface area contributed by atoms with Gasteiger partial charge in [-0.25, -0.2) is 10.2 Å². The topological polar surface area (TPSA) is 162 Å². The maximum absolute atomic E-state index is 11.6. The van der Waals surface area contributed by atoms with Gasteiger partial charge in [-0.2, -0.15) is 5.10 Å². The summed E-state index contributed by atoms with van der Waals surface area (Å²) < 4.78 is 0. The van der Waals surface area contributed by atoms with Crippen LogP contribution in [0.3, 0.4) is 0 Å². The Morgan fingerprint density at radius 1 is 0.964 bits per heavy atom. The lowest BCUT2D eigenvalue weighted by Crippen LogP contribution is -2.17. The number of aromatic carboxylic acids is 1. The number of anilines is 1. The highest BCUT2D eigenvalue weighted by atomic mass is 16.4. The molecule has 0 radical (unpaired) electrons. The highest BCUT2D eigenvalue weighted by Gasteiger charge is 2.01. The summed E-state index contributed by atoms with van der Waals surface area (Å²) in [5.41, 5.74) is 9.77. The number of rotatable bonds is 4. The van der Waals surface area contributed by atoms with Gasteiger partial charge in [-0.15, -0.1) is 0 Å². The zero-order chi connectivity index (χ0) is 19.5. The molecular formula is C19H19N5O4. The van der Waals surface area contributed by atoms with Crippen molar-refractivity contribution in [3.63, 3.8) is 0 Å². The van der Waals surface area contributed by atoms with Crippen molar-refractivity contribution in [1.29, 1.82) is 0 Å². The first-order valence-electron chi connectivity index (χ1n) is 7.79. The van der Waals surface area contributed by atoms with E-state index in [0.717, 1.165) is 0 Å². The number of pyridine rings is 2. The lowest BCUT2D eigenvalue weighted by Gasteiger charge is -1.97. The van der Waals surface area contributed by atoms with Crippen LogP contribution in [-0.2, 0) is 0 Å². The summed E-state index contributed by atoms with van der Waals surface area (Å²) in [7, 11) is 0. The summed E-state index contributed by atoms with van der Waals surface area (Å²) in [5, 5.41) is 12.2. The van der Waals surface area contributed by atoms with Gasteiger partial charge in [0, 0.05) is 29.8 Å². The fraction of sp³-hybridized carbons (Fsp3) is 0. The van der Waals surface area contributed by atoms with Gasteiger partial charge in [0.15, 0.2) is 0 Å². The number of nitrogens with one attached hydrogen (secondary N) is 1. The molecule has 1 aromatic carbocycles. The number of carboxylic acids is 1. The molecule has 0 aliphatic rings. The normalized spacial score (nSPS) is 9.57. The van der Waals surface area contributed by atoms with E-state index in [1.165, 1.54) is 18.3 Å². The van der Waals surface area contributed by atoms with E-state index in [4.69, 9.17) is 10.8 Å². The van der Waals surface area contributed by atoms with E-state index in [1.807, 2.05) is 12.1 Å². The second-order valence-electron chi connectivity index (χ2n) is 5.12. The number of amides is 1. The SMILES string of the molecule is Nc1ccc(C(=O)O)cc1.O.O=C(N/N=C/c1ccccn1)c1ccncc1. The quantitative estimate of drug-likeness (QED) is 0.351. The molecule has 0 unspecified atom stereocenters. The number of nitrogens with two attached hydrogens (primary N) is 1. The molecule has 0 fully saturated rings. The lowest BCUT2D eigenvalue weighted by atomic mass is 10.2. The molecule has 9 nitrogen and oxygen atoms in total. The van der Waals surface area contributed by atoms with Crippen LogP contribution in [0.15, 0.2) is 78.3 Å². The maximum Gasteiger partial charge on any atom is 0.335 e. The van der Waals surface area contributed by atoms with Crippen LogP contribution in [0.4, 0.5) is 5.69 Å². The van der Waals surface area contributed by atoms with E-state index < -0.39 is 5.97 Å². The molecule has 0 bridgehead atoms. The van der Waals surface area contributed by atoms with E-state index in [-0.39, 0.29) is 16.9 Å². The molecule has 144 valence electrons. The third kappa shape index (κ3) is 7.42. The summed E-state index contributed by atoms with van der Waals surface area (Å²) in [6.45, 7) is 0. The van der Waals surface area contributed by atoms with Crippen molar-refractivity contribution in [2.45, 2.75) is 0 Å². The van der Waals surface area contributed by atoms with Crippen molar-refractivity contribution in [2.75, 3.05) is 5.73 Å². The van der Waals surface area contributed by atoms with Crippen molar-refractivity contribution in [2.24, 2.45) is 5.10 Å². The van der Waals surface area contributed by atoms with Gasteiger partial charge in [0.1, 0.15) is 0 Å². The van der Waals surface area contributed by atoms with E-state index >= 15 is 0 Å². The standard InChI is InChI=1S/C12H10N4O.C7H7NO2.H2O/c17-12(10-4-7-13-8-5-10)16-15-9-11-3-1-2-6-14-11;8-6-3-1-5(2-4-6)7(9)10;/h1-9H,(H,16,17);1-4H,8H2,(H,9,10);1H2/b15-9+;;. The average molecular weight is 381 g/mol. The number of carbonyl (C=O) groups is 2. The van der Waals surface area contributed by atoms with Gasteiger partial charge in [0.2, 0.25) is 0 Å². The fourth-order valence-corrected chi connectivity index (χ4v) is 1.80. The summed E-state index contributed by atoms with van der Waals surface area (Å²) in [6.07, 6.45) is 6.25. The van der Waals surface area contributed by atoms with Crippen LogP contribution in [0.1, 0.15) is 26.4 Å². The number of carbonyl (C=O) groups excluding carboxylic acids is 1. The molecule has 3 aromatic rings. The van der Waals surface area contributed by atoms with E-state index in [1.54, 1.807) is 48.9 Å². The largest absolute Gasteiger partial charge is 0.478 e. The summed E-state index contributed by atoms with van der Waals surface area (Å²) in [5.74, 6) is -1.21. The second-order valence-corrected chi connectivity index (χ2v) is 5.12. The third-order valence-corrected chi connectivity index (χ3v) is 3.15. The Kier molecular flexibility index (Phi) is 9.00. The molecule has 0 aliphatic heterocycles. The van der Waals surface area contributed by atoms with Crippen LogP contribution >= 0.6 is 0 Å². The number of hydrogen-bond acceptors (Lipinski definition) is 6. The molecule has 2 heterocycles. The number of aromatic nitrogens is 2. The van der Waals surface area contributed by atoms with Crippen LogP contribution in [0.2, 0.25) is 0 Å². The fourth-order valence-electron chi connectivity index (χ4n) is 1.80. The Morgan fingerprint density at radius 3 is 2.21 bits per heavy atom. The Hall–Kier alpha value is -4.11. The molecule has 6 N–H and O–H groups in total. The van der Waals surface area contributed by atoms with Gasteiger partial charge in [-0.05, 0) is 48.5 Å². The lowest BCUT2D eigenvalue weighted by molar-refractivity contribution is 0.0696. The van der Waals surface area contributed by atoms with Crippen molar-refractivity contribution in [3.8, 4) is 0 Å². The molecule has 0 atom stereocenters. The minimum atomic E-state index is -0.931. The molecule has 2 aromatic heterocycles. The molecule has 0 saturated carbocycles. The minimum absolute atomic E-state index is 0. The van der Waals surface area contributed by atoms with Gasteiger partial charge in [0.05, 0.1) is 17.5 Å². The van der Waals surface area contributed by atoms with E-state index in [2.05, 4.69) is 20.5 Å². The van der Waals surface area contributed by atoms with Crippen LogP contribution in [-0.4, -0.2) is 38.6 Å². The monoisotopic (exact) mass is 381 g/mol. The molecule has 0 aliphatic carbocycles. The predicted octanol–water partition coefficient (Wildman–Crippen LogP) is 1.38. The number of nitrogens with zero attached hydrogens (tertiary/aromatic N) is 3. The zero-order valence-electron chi connectivity index (χ0n) is 14.7. The highest BCUT2D eigenvalue weighted by Crippen LogP contribution is 2.04. The Morgan fingerprint density at radius 2 is 1.64 bits per heavy atom. The van der Waals surface area contributed by atoms with Crippen LogP contribution in [0, 0.1) is 0 Å². The molecule has 28 heavy (non-hydrogen) atoms. The predicted molar refractivity (Wildman–Crippen MR) is 105 cm³/mol. The first-order valence-corrected chi connectivity index (χ1v) is 7.79. The third-order valence-electron chi connectivity index (χ3n) is 3.15. The van der Waals surface area contributed by atoms with E-state index in [0.29, 0.717) is 16.9 Å². The first kappa shape index (κ1) is 21.9. The van der Waals surface area contributed by atoms with Gasteiger partial charge in [-0.3, -0.25) is 14.8 Å². The van der Waals surface area contributed by atoms with Crippen LogP contribution in [0.25, 0.3) is 0 Å².